The normalized spacial score (nSPS) is 35.6. The smallest absolute Gasteiger partial charge is 0.254 e. The molecular weight excluding hydrogens is 280 g/mol. The van der Waals surface area contributed by atoms with Crippen LogP contribution >= 0.6 is 0 Å². The summed E-state index contributed by atoms with van der Waals surface area (Å²) in [5.41, 5.74) is 0.994. The second-order valence-electron chi connectivity index (χ2n) is 7.44. The Balaban J connectivity index is 1.67. The van der Waals surface area contributed by atoms with Gasteiger partial charge in [0.2, 0.25) is 5.56 Å². The molecule has 2 heterocycles. The molecule has 2 aliphatic carbocycles. The molecule has 5 heteroatoms. The molecule has 22 heavy (non-hydrogen) atoms. The zero-order valence-corrected chi connectivity index (χ0v) is 13.0. The Kier molecular flexibility index (Phi) is 2.98. The molecule has 5 atom stereocenters. The molecule has 0 aromatic carbocycles. The highest BCUT2D eigenvalue weighted by atomic mass is 16.3. The standard InChI is InChI=1S/C17H22N2O3/c1-8(2)13-5-10(6-14(20)18-13)17(22)19-7-11-3-9-4-12(11)15(19)16(9)21/h5-6,8-9,11-12,15-16,21H,3-4,7H2,1-2H3,(H,18,20)/t9-,11-,12+,15-,16+/m0/s1. The predicted molar refractivity (Wildman–Crippen MR) is 81.7 cm³/mol. The molecule has 1 aromatic heterocycles. The van der Waals surface area contributed by atoms with Gasteiger partial charge >= 0.3 is 0 Å². The number of aromatic nitrogens is 1. The number of carbonyl (C=O) groups excluding carboxylic acids is 1. The number of aromatic amines is 1. The van der Waals surface area contributed by atoms with E-state index in [4.69, 9.17) is 0 Å². The Morgan fingerprint density at radius 3 is 2.77 bits per heavy atom. The fourth-order valence-corrected chi connectivity index (χ4v) is 4.81. The lowest BCUT2D eigenvalue weighted by Crippen LogP contribution is -2.44. The summed E-state index contributed by atoms with van der Waals surface area (Å²) in [6.07, 6.45) is 1.70. The lowest BCUT2D eigenvalue weighted by atomic mass is 9.88. The summed E-state index contributed by atoms with van der Waals surface area (Å²) in [6.45, 7) is 4.70. The van der Waals surface area contributed by atoms with Crippen LogP contribution in [0.25, 0.3) is 0 Å². The quantitative estimate of drug-likeness (QED) is 0.866. The van der Waals surface area contributed by atoms with E-state index in [2.05, 4.69) is 4.98 Å². The second kappa shape index (κ2) is 4.69. The SMILES string of the molecule is CC(C)c1cc(C(=O)N2C[C@@H]3C[C@H]4C[C@H]3[C@H]2[C@@H]4O)cc(=O)[nH]1. The van der Waals surface area contributed by atoms with E-state index >= 15 is 0 Å². The average Bonchev–Trinajstić information content (AvgIpc) is 3.07. The first-order chi connectivity index (χ1) is 10.5. The van der Waals surface area contributed by atoms with Gasteiger partial charge in [-0.05, 0) is 42.6 Å². The molecule has 4 rings (SSSR count). The van der Waals surface area contributed by atoms with Crippen molar-refractivity contribution in [2.24, 2.45) is 17.8 Å². The third-order valence-corrected chi connectivity index (χ3v) is 5.84. The highest BCUT2D eigenvalue weighted by molar-refractivity contribution is 5.94. The Morgan fingerprint density at radius 1 is 1.32 bits per heavy atom. The zero-order chi connectivity index (χ0) is 15.6. The van der Waals surface area contributed by atoms with Crippen LogP contribution in [0.5, 0.6) is 0 Å². The van der Waals surface area contributed by atoms with Crippen molar-refractivity contribution in [2.75, 3.05) is 6.54 Å². The summed E-state index contributed by atoms with van der Waals surface area (Å²) in [6, 6.07) is 3.12. The maximum atomic E-state index is 12.9. The number of hydrogen-bond acceptors (Lipinski definition) is 3. The lowest BCUT2D eigenvalue weighted by molar-refractivity contribution is 0.0401. The van der Waals surface area contributed by atoms with Gasteiger partial charge < -0.3 is 15.0 Å². The zero-order valence-electron chi connectivity index (χ0n) is 13.0. The number of nitrogens with zero attached hydrogens (tertiary/aromatic N) is 1. The highest BCUT2D eigenvalue weighted by Crippen LogP contribution is 2.55. The number of amides is 1. The van der Waals surface area contributed by atoms with Crippen LogP contribution in [0.4, 0.5) is 0 Å². The van der Waals surface area contributed by atoms with Gasteiger partial charge in [0.15, 0.2) is 0 Å². The first-order valence-corrected chi connectivity index (χ1v) is 8.19. The maximum Gasteiger partial charge on any atom is 0.254 e. The van der Waals surface area contributed by atoms with Crippen molar-refractivity contribution in [3.8, 4) is 0 Å². The van der Waals surface area contributed by atoms with E-state index in [0.717, 1.165) is 25.1 Å². The fraction of sp³-hybridized carbons (Fsp3) is 0.647. The minimum absolute atomic E-state index is 0.0435. The van der Waals surface area contributed by atoms with Gasteiger partial charge in [-0.1, -0.05) is 13.8 Å². The molecule has 118 valence electrons. The van der Waals surface area contributed by atoms with Gasteiger partial charge in [0.1, 0.15) is 0 Å². The van der Waals surface area contributed by atoms with Gasteiger partial charge in [-0.15, -0.1) is 0 Å². The monoisotopic (exact) mass is 302 g/mol. The number of hydrogen-bond donors (Lipinski definition) is 2. The number of nitrogens with one attached hydrogen (secondary N) is 1. The summed E-state index contributed by atoms with van der Waals surface area (Å²) >= 11 is 0. The number of carbonyl (C=O) groups is 1. The molecule has 3 fully saturated rings. The van der Waals surface area contributed by atoms with E-state index < -0.39 is 0 Å². The van der Waals surface area contributed by atoms with Gasteiger partial charge in [0.25, 0.3) is 5.91 Å². The van der Waals surface area contributed by atoms with E-state index in [9.17, 15) is 14.7 Å². The fourth-order valence-electron chi connectivity index (χ4n) is 4.81. The molecular formula is C17H22N2O3. The van der Waals surface area contributed by atoms with Crippen LogP contribution in [-0.4, -0.2) is 39.6 Å². The first kappa shape index (κ1) is 14.0. The Morgan fingerprint density at radius 2 is 2.09 bits per heavy atom. The number of pyridine rings is 1. The summed E-state index contributed by atoms with van der Waals surface area (Å²) in [5.74, 6) is 1.41. The topological polar surface area (TPSA) is 73.4 Å². The molecule has 2 saturated carbocycles. The van der Waals surface area contributed by atoms with Crippen LogP contribution in [0.2, 0.25) is 0 Å². The van der Waals surface area contributed by atoms with E-state index in [1.165, 1.54) is 6.07 Å². The predicted octanol–water partition coefficient (Wildman–Crippen LogP) is 1.34. The van der Waals surface area contributed by atoms with Crippen molar-refractivity contribution >= 4 is 5.91 Å². The van der Waals surface area contributed by atoms with E-state index in [0.29, 0.717) is 23.3 Å². The second-order valence-corrected chi connectivity index (χ2v) is 7.44. The number of aliphatic hydroxyl groups is 1. The summed E-state index contributed by atoms with van der Waals surface area (Å²) < 4.78 is 0. The van der Waals surface area contributed by atoms with Crippen molar-refractivity contribution in [2.45, 2.75) is 44.8 Å². The first-order valence-electron chi connectivity index (χ1n) is 8.19. The van der Waals surface area contributed by atoms with Gasteiger partial charge in [0, 0.05) is 23.9 Å². The molecule has 1 saturated heterocycles. The van der Waals surface area contributed by atoms with Crippen LogP contribution < -0.4 is 5.56 Å². The van der Waals surface area contributed by atoms with Crippen LogP contribution in [0.3, 0.4) is 0 Å². The molecule has 2 N–H and O–H groups in total. The average molecular weight is 302 g/mol. The number of rotatable bonds is 2. The summed E-state index contributed by atoms with van der Waals surface area (Å²) in [7, 11) is 0. The van der Waals surface area contributed by atoms with Crippen molar-refractivity contribution in [1.29, 1.82) is 0 Å². The molecule has 1 aromatic rings. The lowest BCUT2D eigenvalue weighted by Gasteiger charge is -2.29. The van der Waals surface area contributed by atoms with Crippen LogP contribution in [-0.2, 0) is 0 Å². The molecule has 1 amide bonds. The summed E-state index contributed by atoms with van der Waals surface area (Å²) in [4.78, 5) is 29.3. The minimum atomic E-state index is -0.390. The van der Waals surface area contributed by atoms with Crippen molar-refractivity contribution in [3.05, 3.63) is 33.7 Å². The van der Waals surface area contributed by atoms with Crippen LogP contribution in [0.15, 0.2) is 16.9 Å². The highest BCUT2D eigenvalue weighted by Gasteiger charge is 2.59. The number of H-pyrrole nitrogens is 1. The molecule has 0 spiro atoms. The maximum absolute atomic E-state index is 12.9. The van der Waals surface area contributed by atoms with E-state index in [-0.39, 0.29) is 29.5 Å². The Hall–Kier alpha value is -1.62. The molecule has 3 aliphatic rings. The van der Waals surface area contributed by atoms with Crippen molar-refractivity contribution in [1.82, 2.24) is 9.88 Å². The summed E-state index contributed by atoms with van der Waals surface area (Å²) in [5, 5.41) is 10.4. The molecule has 1 aliphatic heterocycles. The van der Waals surface area contributed by atoms with Gasteiger partial charge in [-0.2, -0.15) is 0 Å². The Labute approximate surface area is 129 Å². The number of likely N-dealkylation sites (tertiary alicyclic amines) is 1. The van der Waals surface area contributed by atoms with E-state index in [1.807, 2.05) is 18.7 Å². The van der Waals surface area contributed by atoms with Gasteiger partial charge in [0.05, 0.1) is 12.1 Å². The van der Waals surface area contributed by atoms with Crippen molar-refractivity contribution in [3.63, 3.8) is 0 Å². The molecule has 0 unspecified atom stereocenters. The van der Waals surface area contributed by atoms with Crippen LogP contribution in [0, 0.1) is 17.8 Å². The van der Waals surface area contributed by atoms with Gasteiger partial charge in [-0.25, -0.2) is 0 Å². The minimum Gasteiger partial charge on any atom is -0.391 e. The third-order valence-electron chi connectivity index (χ3n) is 5.84. The molecule has 0 radical (unpaired) electrons. The third kappa shape index (κ3) is 1.88. The van der Waals surface area contributed by atoms with Crippen molar-refractivity contribution < 1.29 is 9.90 Å². The number of aliphatic hydroxyl groups excluding tert-OH is 1. The van der Waals surface area contributed by atoms with Crippen LogP contribution in [0.1, 0.15) is 48.7 Å². The van der Waals surface area contributed by atoms with Gasteiger partial charge in [-0.3, -0.25) is 9.59 Å². The van der Waals surface area contributed by atoms with E-state index in [1.54, 1.807) is 6.07 Å². The Bertz CT molecular complexity index is 679. The molecule has 5 nitrogen and oxygen atoms in total. The largest absolute Gasteiger partial charge is 0.391 e. The molecule has 2 bridgehead atoms. The number of fused-ring (bicyclic) bond motifs is 1.